The van der Waals surface area contributed by atoms with E-state index in [-0.39, 0.29) is 25.0 Å². The predicted octanol–water partition coefficient (Wildman–Crippen LogP) is 4.46. The van der Waals surface area contributed by atoms with Gasteiger partial charge in [-0.05, 0) is 41.5 Å². The second-order valence-corrected chi connectivity index (χ2v) is 9.93. The second kappa shape index (κ2) is 9.49. The molecular weight excluding hydrogens is 432 g/mol. The number of benzene rings is 2. The molecule has 2 aromatic carbocycles. The van der Waals surface area contributed by atoms with Crippen LogP contribution in [0.2, 0.25) is 0 Å². The summed E-state index contributed by atoms with van der Waals surface area (Å²) >= 11 is 0. The molecular formula is C27H32N2O5. The van der Waals surface area contributed by atoms with Gasteiger partial charge in [0.05, 0.1) is 0 Å². The van der Waals surface area contributed by atoms with Crippen LogP contribution in [0.5, 0.6) is 0 Å². The molecule has 0 aromatic heterocycles. The van der Waals surface area contributed by atoms with Gasteiger partial charge in [-0.2, -0.15) is 0 Å². The molecule has 2 aromatic rings. The van der Waals surface area contributed by atoms with Gasteiger partial charge in [0.1, 0.15) is 12.1 Å². The highest BCUT2D eigenvalue weighted by molar-refractivity contribution is 5.90. The molecule has 34 heavy (non-hydrogen) atoms. The Labute approximate surface area is 199 Å². The van der Waals surface area contributed by atoms with Gasteiger partial charge in [0.15, 0.2) is 0 Å². The number of carbonyl (C=O) groups is 3. The van der Waals surface area contributed by atoms with Crippen molar-refractivity contribution in [2.45, 2.75) is 57.4 Å². The van der Waals surface area contributed by atoms with Gasteiger partial charge in [-0.3, -0.25) is 4.79 Å². The number of hydrogen-bond donors (Lipinski definition) is 3. The smallest absolute Gasteiger partial charge is 0.407 e. The number of aliphatic carboxylic acids is 1. The summed E-state index contributed by atoms with van der Waals surface area (Å²) in [5.41, 5.74) is 2.63. The van der Waals surface area contributed by atoms with Crippen molar-refractivity contribution < 1.29 is 24.2 Å². The van der Waals surface area contributed by atoms with E-state index in [0.717, 1.165) is 24.0 Å². The van der Waals surface area contributed by atoms with E-state index in [1.165, 1.54) is 11.1 Å². The number of fused-ring (bicyclic) bond motifs is 3. The number of amides is 2. The molecule has 3 N–H and O–H groups in total. The van der Waals surface area contributed by atoms with Gasteiger partial charge in [0.25, 0.3) is 0 Å². The third-order valence-corrected chi connectivity index (χ3v) is 7.20. The molecule has 2 aliphatic rings. The van der Waals surface area contributed by atoms with E-state index in [4.69, 9.17) is 4.74 Å². The van der Waals surface area contributed by atoms with Crippen LogP contribution >= 0.6 is 0 Å². The molecule has 7 heteroatoms. The average Bonchev–Trinajstić information content (AvgIpc) is 3.41. The Morgan fingerprint density at radius 1 is 1.00 bits per heavy atom. The van der Waals surface area contributed by atoms with Crippen LogP contribution in [0, 0.1) is 5.41 Å². The van der Waals surface area contributed by atoms with Crippen LogP contribution in [0.25, 0.3) is 11.1 Å². The largest absolute Gasteiger partial charge is 0.480 e. The predicted molar refractivity (Wildman–Crippen MR) is 128 cm³/mol. The van der Waals surface area contributed by atoms with Crippen molar-refractivity contribution in [3.63, 3.8) is 0 Å². The van der Waals surface area contributed by atoms with Crippen LogP contribution in [-0.4, -0.2) is 41.8 Å². The van der Waals surface area contributed by atoms with E-state index in [2.05, 4.69) is 34.9 Å². The van der Waals surface area contributed by atoms with Crippen LogP contribution in [0.15, 0.2) is 48.5 Å². The molecule has 0 heterocycles. The fourth-order valence-corrected chi connectivity index (χ4v) is 5.00. The SMILES string of the molecule is CC(C)(CCNC(=O)OCC1c2ccccc2-c2ccccc21)C(=O)NC1(C(=O)O)CCCC1. The number of ether oxygens (including phenoxy) is 1. The maximum absolute atomic E-state index is 12.8. The summed E-state index contributed by atoms with van der Waals surface area (Å²) in [6, 6.07) is 16.3. The molecule has 4 rings (SSSR count). The Bertz CT molecular complexity index is 1040. The highest BCUT2D eigenvalue weighted by Gasteiger charge is 2.44. The Morgan fingerprint density at radius 3 is 2.12 bits per heavy atom. The summed E-state index contributed by atoms with van der Waals surface area (Å²) in [4.78, 5) is 36.9. The van der Waals surface area contributed by atoms with E-state index in [0.29, 0.717) is 19.3 Å². The normalized spacial score (nSPS) is 16.4. The van der Waals surface area contributed by atoms with E-state index in [9.17, 15) is 19.5 Å². The van der Waals surface area contributed by atoms with Crippen molar-refractivity contribution in [1.82, 2.24) is 10.6 Å². The van der Waals surface area contributed by atoms with Crippen molar-refractivity contribution in [1.29, 1.82) is 0 Å². The van der Waals surface area contributed by atoms with Gasteiger partial charge in [-0.15, -0.1) is 0 Å². The van der Waals surface area contributed by atoms with Crippen molar-refractivity contribution in [3.8, 4) is 11.1 Å². The van der Waals surface area contributed by atoms with Crippen LogP contribution in [0.1, 0.15) is 63.0 Å². The monoisotopic (exact) mass is 464 g/mol. The number of alkyl carbamates (subject to hydrolysis) is 1. The average molecular weight is 465 g/mol. The minimum absolute atomic E-state index is 0.0148. The van der Waals surface area contributed by atoms with Crippen LogP contribution in [-0.2, 0) is 14.3 Å². The van der Waals surface area contributed by atoms with Gasteiger partial charge in [0, 0.05) is 17.9 Å². The Hall–Kier alpha value is -3.35. The summed E-state index contributed by atoms with van der Waals surface area (Å²) in [5.74, 6) is -1.31. The Balaban J connectivity index is 1.28. The number of carboxylic acids is 1. The highest BCUT2D eigenvalue weighted by Crippen LogP contribution is 2.44. The van der Waals surface area contributed by atoms with Gasteiger partial charge in [-0.1, -0.05) is 75.2 Å². The first-order valence-electron chi connectivity index (χ1n) is 11.9. The van der Waals surface area contributed by atoms with Crippen LogP contribution < -0.4 is 10.6 Å². The zero-order chi connectivity index (χ0) is 24.3. The first-order chi connectivity index (χ1) is 16.2. The van der Waals surface area contributed by atoms with E-state index < -0.39 is 23.0 Å². The van der Waals surface area contributed by atoms with Crippen LogP contribution in [0.4, 0.5) is 4.79 Å². The molecule has 0 saturated heterocycles. The topological polar surface area (TPSA) is 105 Å². The highest BCUT2D eigenvalue weighted by atomic mass is 16.5. The third kappa shape index (κ3) is 4.65. The summed E-state index contributed by atoms with van der Waals surface area (Å²) in [5, 5.41) is 15.1. The van der Waals surface area contributed by atoms with E-state index in [1.54, 1.807) is 13.8 Å². The number of carbonyl (C=O) groups excluding carboxylic acids is 2. The fraction of sp³-hybridized carbons (Fsp3) is 0.444. The van der Waals surface area contributed by atoms with E-state index >= 15 is 0 Å². The lowest BCUT2D eigenvalue weighted by Crippen LogP contribution is -2.56. The fourth-order valence-electron chi connectivity index (χ4n) is 5.00. The zero-order valence-corrected chi connectivity index (χ0v) is 19.7. The van der Waals surface area contributed by atoms with Crippen molar-refractivity contribution >= 4 is 18.0 Å². The molecule has 0 bridgehead atoms. The molecule has 0 spiro atoms. The molecule has 0 unspecified atom stereocenters. The molecule has 180 valence electrons. The van der Waals surface area contributed by atoms with Crippen molar-refractivity contribution in [2.75, 3.05) is 13.2 Å². The number of hydrogen-bond acceptors (Lipinski definition) is 4. The summed E-state index contributed by atoms with van der Waals surface area (Å²) in [7, 11) is 0. The third-order valence-electron chi connectivity index (χ3n) is 7.20. The lowest BCUT2D eigenvalue weighted by molar-refractivity contribution is -0.149. The summed E-state index contributed by atoms with van der Waals surface area (Å²) in [6.07, 6.45) is 2.30. The molecule has 0 radical (unpaired) electrons. The van der Waals surface area contributed by atoms with Gasteiger partial charge in [0.2, 0.25) is 5.91 Å². The Morgan fingerprint density at radius 2 is 1.56 bits per heavy atom. The van der Waals surface area contributed by atoms with Gasteiger partial charge < -0.3 is 20.5 Å². The second-order valence-electron chi connectivity index (χ2n) is 9.93. The first kappa shape index (κ1) is 23.8. The van der Waals surface area contributed by atoms with Gasteiger partial charge in [-0.25, -0.2) is 9.59 Å². The molecule has 1 fully saturated rings. The lowest BCUT2D eigenvalue weighted by atomic mass is 9.86. The quantitative estimate of drug-likeness (QED) is 0.535. The Kier molecular flexibility index (Phi) is 6.64. The number of nitrogens with one attached hydrogen (secondary N) is 2. The molecule has 2 aliphatic carbocycles. The first-order valence-corrected chi connectivity index (χ1v) is 11.9. The van der Waals surface area contributed by atoms with Gasteiger partial charge >= 0.3 is 12.1 Å². The summed E-state index contributed by atoms with van der Waals surface area (Å²) < 4.78 is 5.54. The molecule has 0 aliphatic heterocycles. The molecule has 2 amide bonds. The van der Waals surface area contributed by atoms with Crippen LogP contribution in [0.3, 0.4) is 0 Å². The number of rotatable bonds is 8. The molecule has 1 saturated carbocycles. The minimum Gasteiger partial charge on any atom is -0.480 e. The maximum atomic E-state index is 12.8. The number of carboxylic acid groups (broad SMARTS) is 1. The van der Waals surface area contributed by atoms with E-state index in [1.807, 2.05) is 24.3 Å². The lowest BCUT2D eigenvalue weighted by Gasteiger charge is -2.31. The van der Waals surface area contributed by atoms with Crippen molar-refractivity contribution in [3.05, 3.63) is 59.7 Å². The molecule has 0 atom stereocenters. The minimum atomic E-state index is -1.17. The van der Waals surface area contributed by atoms with Crippen molar-refractivity contribution in [2.24, 2.45) is 5.41 Å². The summed E-state index contributed by atoms with van der Waals surface area (Å²) in [6.45, 7) is 3.99. The molecule has 7 nitrogen and oxygen atoms in total. The zero-order valence-electron chi connectivity index (χ0n) is 19.7. The standard InChI is InChI=1S/C27H32N2O5/c1-26(2,23(30)29-27(24(31)32)13-7-8-14-27)15-16-28-25(33)34-17-22-20-11-5-3-9-18(20)19-10-4-6-12-21(19)22/h3-6,9-12,22H,7-8,13-17H2,1-2H3,(H,28,33)(H,29,30)(H,31,32). The maximum Gasteiger partial charge on any atom is 0.407 e.